The molecule has 0 saturated carbocycles. The molecule has 3 aromatic heterocycles. The maximum atomic E-state index is 5.89. The minimum atomic E-state index is 0.434. The van der Waals surface area contributed by atoms with Crippen LogP contribution in [0.5, 0.6) is 0 Å². The van der Waals surface area contributed by atoms with Gasteiger partial charge >= 0.3 is 0 Å². The molecule has 3 aromatic rings. The molecule has 0 aliphatic carbocycles. The highest BCUT2D eigenvalue weighted by atomic mass is 35.5. The Bertz CT molecular complexity index is 726. The van der Waals surface area contributed by atoms with Crippen LogP contribution in [0.3, 0.4) is 0 Å². The zero-order valence-corrected chi connectivity index (χ0v) is 14.0. The smallest absolute Gasteiger partial charge is 0.284 e. The van der Waals surface area contributed by atoms with E-state index in [1.165, 1.54) is 34.6 Å². The molecule has 0 spiro atoms. The van der Waals surface area contributed by atoms with Gasteiger partial charge in [-0.1, -0.05) is 11.6 Å². The van der Waals surface area contributed by atoms with E-state index in [0.717, 1.165) is 15.0 Å². The molecule has 0 radical (unpaired) electrons. The lowest BCUT2D eigenvalue weighted by atomic mass is 10.4. The van der Waals surface area contributed by atoms with Crippen LogP contribution in [0.2, 0.25) is 4.34 Å². The van der Waals surface area contributed by atoms with E-state index in [2.05, 4.69) is 19.6 Å². The summed E-state index contributed by atoms with van der Waals surface area (Å²) < 4.78 is 16.3. The quantitative estimate of drug-likeness (QED) is 0.664. The summed E-state index contributed by atoms with van der Waals surface area (Å²) in [7, 11) is 1.65. The molecule has 110 valence electrons. The highest BCUT2D eigenvalue weighted by Gasteiger charge is 2.14. The number of methoxy groups -OCH3 is 1. The van der Waals surface area contributed by atoms with Crippen LogP contribution in [-0.4, -0.2) is 33.3 Å². The van der Waals surface area contributed by atoms with E-state index in [0.29, 0.717) is 28.5 Å². The standard InChI is InChI=1S/C11H9ClN4O2S3/c1-17-5-4-8-13-11(21-16-8)20-10-15-14-9(18-10)6-2-3-7(12)19-6/h2-3H,4-5H2,1H3. The number of thiophene rings is 1. The first kappa shape index (κ1) is 14.9. The predicted molar refractivity (Wildman–Crippen MR) is 82.2 cm³/mol. The third kappa shape index (κ3) is 3.80. The van der Waals surface area contributed by atoms with Crippen molar-refractivity contribution in [2.45, 2.75) is 16.0 Å². The largest absolute Gasteiger partial charge is 0.410 e. The summed E-state index contributed by atoms with van der Waals surface area (Å²) in [4.78, 5) is 5.22. The average Bonchev–Trinajstić information content (AvgIpc) is 3.18. The fourth-order valence-corrected chi connectivity index (χ4v) is 3.83. The molecule has 21 heavy (non-hydrogen) atoms. The van der Waals surface area contributed by atoms with Gasteiger partial charge in [-0.25, -0.2) is 4.98 Å². The number of halogens is 1. The molecular weight excluding hydrogens is 352 g/mol. The van der Waals surface area contributed by atoms with Crippen molar-refractivity contribution in [2.24, 2.45) is 0 Å². The molecule has 0 aliphatic heterocycles. The SMILES string of the molecule is COCCc1nsc(Sc2nnc(-c3ccc(Cl)s3)o2)n1. The third-order valence-corrected chi connectivity index (χ3v) is 5.19. The van der Waals surface area contributed by atoms with Crippen molar-refractivity contribution in [1.29, 1.82) is 0 Å². The van der Waals surface area contributed by atoms with Gasteiger partial charge in [0.25, 0.3) is 11.1 Å². The predicted octanol–water partition coefficient (Wildman–Crippen LogP) is 3.64. The van der Waals surface area contributed by atoms with Gasteiger partial charge in [0.05, 0.1) is 15.8 Å². The molecule has 10 heteroatoms. The van der Waals surface area contributed by atoms with Crippen LogP contribution in [0.4, 0.5) is 0 Å². The summed E-state index contributed by atoms with van der Waals surface area (Å²) in [5.74, 6) is 1.22. The van der Waals surface area contributed by atoms with E-state index >= 15 is 0 Å². The zero-order chi connectivity index (χ0) is 14.7. The molecule has 0 saturated heterocycles. The second-order valence-corrected chi connectivity index (χ2v) is 7.46. The van der Waals surface area contributed by atoms with Crippen LogP contribution < -0.4 is 0 Å². The lowest BCUT2D eigenvalue weighted by molar-refractivity contribution is 0.200. The summed E-state index contributed by atoms with van der Waals surface area (Å²) in [5.41, 5.74) is 0. The fraction of sp³-hybridized carbons (Fsp3) is 0.273. The highest BCUT2D eigenvalue weighted by molar-refractivity contribution is 8.00. The lowest BCUT2D eigenvalue weighted by Gasteiger charge is -1.91. The van der Waals surface area contributed by atoms with E-state index < -0.39 is 0 Å². The molecule has 0 bridgehead atoms. The van der Waals surface area contributed by atoms with Crippen LogP contribution in [0, 0.1) is 0 Å². The van der Waals surface area contributed by atoms with Crippen LogP contribution in [0.15, 0.2) is 26.1 Å². The summed E-state index contributed by atoms with van der Waals surface area (Å²) >= 11 is 9.89. The monoisotopic (exact) mass is 360 g/mol. The highest BCUT2D eigenvalue weighted by Crippen LogP contribution is 2.33. The Morgan fingerprint density at radius 2 is 2.29 bits per heavy atom. The first-order valence-corrected chi connectivity index (χ1v) is 8.61. The molecule has 6 nitrogen and oxygen atoms in total. The lowest BCUT2D eigenvalue weighted by Crippen LogP contribution is -1.95. The van der Waals surface area contributed by atoms with Gasteiger partial charge in [-0.3, -0.25) is 0 Å². The number of hydrogen-bond acceptors (Lipinski definition) is 9. The Balaban J connectivity index is 1.68. The topological polar surface area (TPSA) is 73.9 Å². The summed E-state index contributed by atoms with van der Waals surface area (Å²) in [6.45, 7) is 0.602. The average molecular weight is 361 g/mol. The van der Waals surface area contributed by atoms with E-state index in [-0.39, 0.29) is 0 Å². The second-order valence-electron chi connectivity index (χ2n) is 3.80. The number of rotatable bonds is 6. The fourth-order valence-electron chi connectivity index (χ4n) is 1.43. The van der Waals surface area contributed by atoms with Gasteiger partial charge in [0.2, 0.25) is 0 Å². The Morgan fingerprint density at radius 1 is 1.38 bits per heavy atom. The van der Waals surface area contributed by atoms with Crippen molar-refractivity contribution in [1.82, 2.24) is 19.6 Å². The molecule has 0 unspecified atom stereocenters. The minimum absolute atomic E-state index is 0.434. The van der Waals surface area contributed by atoms with E-state index in [1.807, 2.05) is 6.07 Å². The summed E-state index contributed by atoms with van der Waals surface area (Å²) in [6.07, 6.45) is 0.691. The van der Waals surface area contributed by atoms with Gasteiger partial charge in [0.15, 0.2) is 4.34 Å². The Hall–Kier alpha value is -1.00. The molecule has 0 atom stereocenters. The van der Waals surface area contributed by atoms with Crippen molar-refractivity contribution in [3.8, 4) is 10.8 Å². The Morgan fingerprint density at radius 3 is 3.05 bits per heavy atom. The zero-order valence-electron chi connectivity index (χ0n) is 10.8. The maximum absolute atomic E-state index is 5.89. The van der Waals surface area contributed by atoms with Gasteiger partial charge in [0.1, 0.15) is 5.82 Å². The van der Waals surface area contributed by atoms with Gasteiger partial charge in [-0.2, -0.15) is 4.37 Å². The van der Waals surface area contributed by atoms with E-state index in [9.17, 15) is 0 Å². The van der Waals surface area contributed by atoms with E-state index in [1.54, 1.807) is 13.2 Å². The van der Waals surface area contributed by atoms with Crippen molar-refractivity contribution in [2.75, 3.05) is 13.7 Å². The number of ether oxygens (including phenoxy) is 1. The number of hydrogen-bond donors (Lipinski definition) is 0. The van der Waals surface area contributed by atoms with Crippen LogP contribution in [0.25, 0.3) is 10.8 Å². The first-order valence-electron chi connectivity index (χ1n) is 5.83. The molecule has 0 aliphatic rings. The molecule has 0 aromatic carbocycles. The van der Waals surface area contributed by atoms with Crippen molar-refractivity contribution < 1.29 is 9.15 Å². The van der Waals surface area contributed by atoms with Crippen LogP contribution >= 0.6 is 46.2 Å². The molecule has 0 N–H and O–H groups in total. The Kier molecular flexibility index (Phi) is 4.86. The summed E-state index contributed by atoms with van der Waals surface area (Å²) in [6, 6.07) is 3.65. The van der Waals surface area contributed by atoms with Crippen molar-refractivity contribution >= 4 is 46.2 Å². The molecule has 0 fully saturated rings. The second kappa shape index (κ2) is 6.84. The summed E-state index contributed by atoms with van der Waals surface area (Å²) in [5, 5.41) is 8.43. The molecule has 0 amide bonds. The van der Waals surface area contributed by atoms with Crippen molar-refractivity contribution in [3.63, 3.8) is 0 Å². The number of nitrogens with zero attached hydrogens (tertiary/aromatic N) is 4. The van der Waals surface area contributed by atoms with Gasteiger partial charge < -0.3 is 9.15 Å². The Labute approximate surface area is 137 Å². The van der Waals surface area contributed by atoms with Gasteiger partial charge in [0, 0.05) is 25.3 Å². The van der Waals surface area contributed by atoms with Gasteiger partial charge in [-0.15, -0.1) is 21.5 Å². The number of aromatic nitrogens is 4. The molecule has 3 heterocycles. The first-order chi connectivity index (χ1) is 10.2. The van der Waals surface area contributed by atoms with Crippen molar-refractivity contribution in [3.05, 3.63) is 22.3 Å². The molecule has 3 rings (SSSR count). The van der Waals surface area contributed by atoms with E-state index in [4.69, 9.17) is 20.8 Å². The van der Waals surface area contributed by atoms with Crippen LogP contribution in [-0.2, 0) is 11.2 Å². The normalized spacial score (nSPS) is 11.1. The minimum Gasteiger partial charge on any atom is -0.410 e. The van der Waals surface area contributed by atoms with Gasteiger partial charge in [-0.05, 0) is 23.7 Å². The third-order valence-electron chi connectivity index (χ3n) is 2.34. The maximum Gasteiger partial charge on any atom is 0.284 e. The van der Waals surface area contributed by atoms with Crippen LogP contribution in [0.1, 0.15) is 5.82 Å². The molecular formula is C11H9ClN4O2S3.